The minimum atomic E-state index is -0.0351. The number of fused-ring (bicyclic) bond motifs is 1. The fraction of sp³-hybridized carbons (Fsp3) is 0.385. The molecule has 3 aromatic rings. The minimum absolute atomic E-state index is 0.0144. The van der Waals surface area contributed by atoms with E-state index < -0.39 is 0 Å². The third kappa shape index (κ3) is 5.37. The molecule has 33 heavy (non-hydrogen) atoms. The minimum Gasteiger partial charge on any atom is -0.358 e. The Morgan fingerprint density at radius 1 is 0.939 bits per heavy atom. The number of hydrogen-bond donors (Lipinski definition) is 3. The van der Waals surface area contributed by atoms with Gasteiger partial charge in [0.15, 0.2) is 0 Å². The van der Waals surface area contributed by atoms with E-state index in [4.69, 9.17) is 0 Å². The Morgan fingerprint density at radius 3 is 2.36 bits per heavy atom. The van der Waals surface area contributed by atoms with Gasteiger partial charge in [0.05, 0.1) is 6.54 Å². The number of aromatic nitrogens is 1. The van der Waals surface area contributed by atoms with Gasteiger partial charge in [-0.15, -0.1) is 0 Å². The molecule has 2 aromatic carbocycles. The number of piperazine rings is 1. The second-order valence-electron chi connectivity index (χ2n) is 8.83. The van der Waals surface area contributed by atoms with Crippen molar-refractivity contribution in [1.82, 2.24) is 20.1 Å². The first-order valence-electron chi connectivity index (χ1n) is 11.6. The van der Waals surface area contributed by atoms with Gasteiger partial charge in [0.1, 0.15) is 0 Å². The van der Waals surface area contributed by atoms with Gasteiger partial charge in [0.2, 0.25) is 5.91 Å². The summed E-state index contributed by atoms with van der Waals surface area (Å²) in [5.41, 5.74) is 6.56. The summed E-state index contributed by atoms with van der Waals surface area (Å²) < 4.78 is 0. The number of nitrogens with one attached hydrogen (secondary N) is 3. The Balaban J connectivity index is 1.21. The summed E-state index contributed by atoms with van der Waals surface area (Å²) in [6.45, 7) is 9.63. The van der Waals surface area contributed by atoms with Gasteiger partial charge in [0, 0.05) is 55.0 Å². The van der Waals surface area contributed by atoms with Crippen LogP contribution in [0.3, 0.4) is 0 Å². The number of urea groups is 1. The number of H-pyrrole nitrogens is 1. The Hall–Kier alpha value is -3.32. The maximum atomic E-state index is 12.6. The summed E-state index contributed by atoms with van der Waals surface area (Å²) >= 11 is 0. The molecule has 1 aliphatic heterocycles. The summed E-state index contributed by atoms with van der Waals surface area (Å²) in [4.78, 5) is 32.5. The van der Waals surface area contributed by atoms with Crippen LogP contribution in [0.1, 0.15) is 22.4 Å². The Labute approximate surface area is 195 Å². The normalized spacial score (nSPS) is 14.5. The summed E-state index contributed by atoms with van der Waals surface area (Å²) in [6, 6.07) is 14.2. The van der Waals surface area contributed by atoms with Crippen LogP contribution in [0.4, 0.5) is 10.5 Å². The molecule has 0 atom stereocenters. The maximum absolute atomic E-state index is 12.6. The molecule has 1 saturated heterocycles. The lowest BCUT2D eigenvalue weighted by Crippen LogP contribution is -2.53. The molecule has 0 aliphatic carbocycles. The first-order valence-corrected chi connectivity index (χ1v) is 11.6. The highest BCUT2D eigenvalue weighted by atomic mass is 16.2. The number of benzene rings is 2. The molecule has 4 rings (SSSR count). The zero-order chi connectivity index (χ0) is 23.4. The van der Waals surface area contributed by atoms with Crippen LogP contribution < -0.4 is 10.6 Å². The molecule has 174 valence electrons. The first-order chi connectivity index (χ1) is 15.9. The standard InChI is InChI=1S/C26H33N5O2/c1-18-7-6-8-19(2)25(18)29-24(32)17-30-13-15-31(16-14-30)26(33)27-12-11-21-20(3)28-23-10-5-4-9-22(21)23/h4-10,28H,11-17H2,1-3H3,(H,27,33)(H,29,32). The Kier molecular flexibility index (Phi) is 6.99. The van der Waals surface area contributed by atoms with E-state index in [1.54, 1.807) is 0 Å². The van der Waals surface area contributed by atoms with Crippen LogP contribution in [-0.2, 0) is 11.2 Å². The van der Waals surface area contributed by atoms with E-state index in [-0.39, 0.29) is 11.9 Å². The molecule has 0 saturated carbocycles. The predicted octanol–water partition coefficient (Wildman–Crippen LogP) is 3.60. The second-order valence-corrected chi connectivity index (χ2v) is 8.83. The third-order valence-electron chi connectivity index (χ3n) is 6.45. The van der Waals surface area contributed by atoms with Crippen LogP contribution in [0.2, 0.25) is 0 Å². The fourth-order valence-corrected chi connectivity index (χ4v) is 4.57. The van der Waals surface area contributed by atoms with Crippen LogP contribution in [0.25, 0.3) is 10.9 Å². The molecule has 3 N–H and O–H groups in total. The van der Waals surface area contributed by atoms with Gasteiger partial charge in [-0.2, -0.15) is 0 Å². The van der Waals surface area contributed by atoms with Gasteiger partial charge >= 0.3 is 6.03 Å². The molecule has 1 fully saturated rings. The molecule has 7 heteroatoms. The number of anilines is 1. The molecule has 0 unspecified atom stereocenters. The Morgan fingerprint density at radius 2 is 1.64 bits per heavy atom. The van der Waals surface area contributed by atoms with Gasteiger partial charge in [-0.3, -0.25) is 9.69 Å². The van der Waals surface area contributed by atoms with Crippen LogP contribution in [0, 0.1) is 20.8 Å². The van der Waals surface area contributed by atoms with Crippen molar-refractivity contribution in [2.24, 2.45) is 0 Å². The maximum Gasteiger partial charge on any atom is 0.317 e. The largest absolute Gasteiger partial charge is 0.358 e. The van der Waals surface area contributed by atoms with Gasteiger partial charge in [-0.05, 0) is 49.9 Å². The molecule has 7 nitrogen and oxygen atoms in total. The van der Waals surface area contributed by atoms with E-state index in [1.807, 2.05) is 49.1 Å². The smallest absolute Gasteiger partial charge is 0.317 e. The highest BCUT2D eigenvalue weighted by Gasteiger charge is 2.22. The fourth-order valence-electron chi connectivity index (χ4n) is 4.57. The van der Waals surface area contributed by atoms with Crippen molar-refractivity contribution in [2.75, 3.05) is 44.6 Å². The van der Waals surface area contributed by atoms with E-state index in [9.17, 15) is 9.59 Å². The number of nitrogens with zero attached hydrogens (tertiary/aromatic N) is 2. The molecule has 2 heterocycles. The number of aryl methyl sites for hydroxylation is 3. The lowest BCUT2D eigenvalue weighted by molar-refractivity contribution is -0.117. The van der Waals surface area contributed by atoms with Crippen molar-refractivity contribution in [3.63, 3.8) is 0 Å². The molecular weight excluding hydrogens is 414 g/mol. The van der Waals surface area contributed by atoms with Crippen molar-refractivity contribution in [1.29, 1.82) is 0 Å². The van der Waals surface area contributed by atoms with Crippen LogP contribution in [0.5, 0.6) is 0 Å². The summed E-state index contributed by atoms with van der Waals surface area (Å²) in [5, 5.41) is 7.32. The highest BCUT2D eigenvalue weighted by molar-refractivity contribution is 5.93. The highest BCUT2D eigenvalue weighted by Crippen LogP contribution is 2.22. The first kappa shape index (κ1) is 22.9. The average molecular weight is 448 g/mol. The molecule has 3 amide bonds. The third-order valence-corrected chi connectivity index (χ3v) is 6.45. The number of carbonyl (C=O) groups is 2. The van der Waals surface area contributed by atoms with Crippen LogP contribution in [-0.4, -0.2) is 66.0 Å². The van der Waals surface area contributed by atoms with Crippen molar-refractivity contribution in [3.05, 3.63) is 64.8 Å². The number of carbonyl (C=O) groups excluding carboxylic acids is 2. The molecular formula is C26H33N5O2. The number of para-hydroxylation sites is 2. The van der Waals surface area contributed by atoms with Gasteiger partial charge in [0.25, 0.3) is 0 Å². The molecule has 0 radical (unpaired) electrons. The van der Waals surface area contributed by atoms with E-state index in [0.29, 0.717) is 39.3 Å². The van der Waals surface area contributed by atoms with Crippen molar-refractivity contribution in [3.8, 4) is 0 Å². The van der Waals surface area contributed by atoms with Crippen molar-refractivity contribution < 1.29 is 9.59 Å². The SMILES string of the molecule is Cc1cccc(C)c1NC(=O)CN1CCN(C(=O)NCCc2c(C)[nH]c3ccccc23)CC1. The zero-order valence-corrected chi connectivity index (χ0v) is 19.7. The molecule has 1 aromatic heterocycles. The number of aromatic amines is 1. The van der Waals surface area contributed by atoms with Gasteiger partial charge in [-0.1, -0.05) is 36.4 Å². The summed E-state index contributed by atoms with van der Waals surface area (Å²) in [5.74, 6) is -0.0144. The number of hydrogen-bond acceptors (Lipinski definition) is 3. The van der Waals surface area contributed by atoms with Crippen LogP contribution in [0.15, 0.2) is 42.5 Å². The number of amides is 3. The van der Waals surface area contributed by atoms with E-state index in [0.717, 1.165) is 34.4 Å². The second kappa shape index (κ2) is 10.1. The predicted molar refractivity (Wildman–Crippen MR) is 133 cm³/mol. The van der Waals surface area contributed by atoms with E-state index in [1.165, 1.54) is 10.9 Å². The topological polar surface area (TPSA) is 80.5 Å². The van der Waals surface area contributed by atoms with Gasteiger partial charge < -0.3 is 20.5 Å². The van der Waals surface area contributed by atoms with Gasteiger partial charge in [-0.25, -0.2) is 4.79 Å². The average Bonchev–Trinajstić information content (AvgIpc) is 3.12. The molecule has 0 spiro atoms. The summed E-state index contributed by atoms with van der Waals surface area (Å²) in [7, 11) is 0. The van der Waals surface area contributed by atoms with Crippen molar-refractivity contribution >= 4 is 28.5 Å². The van der Waals surface area contributed by atoms with E-state index in [2.05, 4.69) is 39.6 Å². The van der Waals surface area contributed by atoms with Crippen molar-refractivity contribution in [2.45, 2.75) is 27.2 Å². The molecule has 0 bridgehead atoms. The lowest BCUT2D eigenvalue weighted by Gasteiger charge is -2.34. The molecule has 1 aliphatic rings. The summed E-state index contributed by atoms with van der Waals surface area (Å²) in [6.07, 6.45) is 0.792. The lowest BCUT2D eigenvalue weighted by atomic mass is 10.1. The van der Waals surface area contributed by atoms with E-state index >= 15 is 0 Å². The quantitative estimate of drug-likeness (QED) is 0.540. The Bertz CT molecular complexity index is 1120. The van der Waals surface area contributed by atoms with Crippen LogP contribution >= 0.6 is 0 Å². The monoisotopic (exact) mass is 447 g/mol. The number of rotatable bonds is 6. The zero-order valence-electron chi connectivity index (χ0n) is 19.7.